The molecule has 1 aliphatic heterocycles. The number of hydrogen-bond donors (Lipinski definition) is 3. The van der Waals surface area contributed by atoms with Crippen LogP contribution in [0.5, 0.6) is 5.75 Å². The van der Waals surface area contributed by atoms with E-state index in [4.69, 9.17) is 4.74 Å². The molecule has 3 rings (SSSR count). The van der Waals surface area contributed by atoms with Gasteiger partial charge in [-0.2, -0.15) is 0 Å². The summed E-state index contributed by atoms with van der Waals surface area (Å²) >= 11 is 0. The van der Waals surface area contributed by atoms with Gasteiger partial charge in [0.2, 0.25) is 0 Å². The van der Waals surface area contributed by atoms with Crippen molar-refractivity contribution >= 4 is 23.3 Å². The number of rotatable bonds is 6. The van der Waals surface area contributed by atoms with Gasteiger partial charge in [-0.1, -0.05) is 0 Å². The number of carbonyl (C=O) groups excluding carboxylic acids is 2. The second-order valence-corrected chi connectivity index (χ2v) is 7.51. The Morgan fingerprint density at radius 3 is 2.28 bits per heavy atom. The zero-order valence-electron chi connectivity index (χ0n) is 16.9. The summed E-state index contributed by atoms with van der Waals surface area (Å²) in [5, 5.41) is 12.3. The highest BCUT2D eigenvalue weighted by molar-refractivity contribution is 5.93. The summed E-state index contributed by atoms with van der Waals surface area (Å²) in [6.07, 6.45) is -0.167. The average molecular weight is 398 g/mol. The lowest BCUT2D eigenvalue weighted by Crippen LogP contribution is -3.15. The third-order valence-corrected chi connectivity index (χ3v) is 4.84. The molecule has 1 amide bonds. The van der Waals surface area contributed by atoms with E-state index < -0.39 is 0 Å². The van der Waals surface area contributed by atoms with Gasteiger partial charge in [0.1, 0.15) is 5.75 Å². The Hall–Kier alpha value is -3.06. The molecule has 0 aliphatic carbocycles. The molecule has 2 aromatic carbocycles. The molecule has 0 spiro atoms. The Morgan fingerprint density at radius 1 is 1.07 bits per heavy atom. The first-order chi connectivity index (χ1) is 13.9. The molecular weight excluding hydrogens is 370 g/mol. The standard InChI is InChI=1S/C22H27N3O4/c1-16(2)29-22(28)17-3-5-18(6-4-17)23-21(27)15-24-11-13-25(14-12-24)19-7-9-20(26)10-8-19/h3-10,16,26H,11-15H2,1-2H3,(H,23,27)/p+1. The van der Waals surface area contributed by atoms with Crippen LogP contribution in [-0.4, -0.2) is 55.8 Å². The van der Waals surface area contributed by atoms with E-state index in [0.29, 0.717) is 17.8 Å². The van der Waals surface area contributed by atoms with Crippen molar-refractivity contribution in [3.8, 4) is 5.75 Å². The molecule has 0 bridgehead atoms. The van der Waals surface area contributed by atoms with Crippen LogP contribution in [-0.2, 0) is 9.53 Å². The number of esters is 1. The summed E-state index contributed by atoms with van der Waals surface area (Å²) in [4.78, 5) is 27.7. The minimum atomic E-state index is -0.367. The minimum Gasteiger partial charge on any atom is -0.508 e. The molecule has 154 valence electrons. The Kier molecular flexibility index (Phi) is 6.72. The summed E-state index contributed by atoms with van der Waals surface area (Å²) in [5.41, 5.74) is 2.22. The third kappa shape index (κ3) is 5.96. The summed E-state index contributed by atoms with van der Waals surface area (Å²) in [7, 11) is 0. The van der Waals surface area contributed by atoms with Gasteiger partial charge >= 0.3 is 5.97 Å². The molecule has 1 saturated heterocycles. The number of nitrogens with one attached hydrogen (secondary N) is 2. The molecule has 0 aromatic heterocycles. The van der Waals surface area contributed by atoms with Crippen LogP contribution in [0.1, 0.15) is 24.2 Å². The maximum Gasteiger partial charge on any atom is 0.338 e. The number of ether oxygens (including phenoxy) is 1. The number of carbonyl (C=O) groups is 2. The topological polar surface area (TPSA) is 83.3 Å². The van der Waals surface area contributed by atoms with Crippen LogP contribution in [0.3, 0.4) is 0 Å². The number of phenolic OH excluding ortho intramolecular Hbond substituents is 1. The Labute approximate surface area is 170 Å². The van der Waals surface area contributed by atoms with E-state index in [1.54, 1.807) is 50.2 Å². The van der Waals surface area contributed by atoms with Gasteiger partial charge in [0.25, 0.3) is 5.91 Å². The second kappa shape index (κ2) is 9.43. The van der Waals surface area contributed by atoms with Crippen molar-refractivity contribution in [2.75, 3.05) is 42.9 Å². The molecule has 0 atom stereocenters. The normalized spacial score (nSPS) is 14.7. The predicted octanol–water partition coefficient (Wildman–Crippen LogP) is 1.30. The number of piperazine rings is 1. The highest BCUT2D eigenvalue weighted by atomic mass is 16.5. The fourth-order valence-electron chi connectivity index (χ4n) is 3.33. The number of anilines is 2. The first kappa shape index (κ1) is 20.7. The van der Waals surface area contributed by atoms with Crippen LogP contribution in [0, 0.1) is 0 Å². The van der Waals surface area contributed by atoms with E-state index in [2.05, 4.69) is 10.2 Å². The molecular formula is C22H28N3O4+. The molecule has 0 unspecified atom stereocenters. The van der Waals surface area contributed by atoms with E-state index in [9.17, 15) is 14.7 Å². The lowest BCUT2D eigenvalue weighted by atomic mass is 10.2. The fourth-order valence-corrected chi connectivity index (χ4v) is 3.33. The Balaban J connectivity index is 1.45. The van der Waals surface area contributed by atoms with Crippen LogP contribution in [0.4, 0.5) is 11.4 Å². The third-order valence-electron chi connectivity index (χ3n) is 4.84. The van der Waals surface area contributed by atoms with Gasteiger partial charge in [0.05, 0.1) is 37.8 Å². The number of nitrogens with zero attached hydrogens (tertiary/aromatic N) is 1. The number of hydrogen-bond acceptors (Lipinski definition) is 5. The quantitative estimate of drug-likeness (QED) is 0.639. The largest absolute Gasteiger partial charge is 0.508 e. The van der Waals surface area contributed by atoms with Crippen LogP contribution >= 0.6 is 0 Å². The van der Waals surface area contributed by atoms with E-state index >= 15 is 0 Å². The van der Waals surface area contributed by atoms with Gasteiger partial charge in [-0.05, 0) is 62.4 Å². The molecule has 0 radical (unpaired) electrons. The van der Waals surface area contributed by atoms with Crippen molar-refractivity contribution in [3.63, 3.8) is 0 Å². The maximum absolute atomic E-state index is 12.4. The smallest absolute Gasteiger partial charge is 0.338 e. The van der Waals surface area contributed by atoms with Gasteiger partial charge in [-0.15, -0.1) is 0 Å². The average Bonchev–Trinajstić information content (AvgIpc) is 2.69. The van der Waals surface area contributed by atoms with Gasteiger partial charge in [-0.3, -0.25) is 4.79 Å². The number of aromatic hydroxyl groups is 1. The zero-order chi connectivity index (χ0) is 20.8. The van der Waals surface area contributed by atoms with Gasteiger partial charge < -0.3 is 25.0 Å². The van der Waals surface area contributed by atoms with Crippen molar-refractivity contribution in [2.45, 2.75) is 20.0 Å². The zero-order valence-corrected chi connectivity index (χ0v) is 16.9. The molecule has 1 heterocycles. The van der Waals surface area contributed by atoms with E-state index in [1.165, 1.54) is 4.90 Å². The molecule has 1 fully saturated rings. The monoisotopic (exact) mass is 398 g/mol. The summed E-state index contributed by atoms with van der Waals surface area (Å²) in [6.45, 7) is 7.47. The fraction of sp³-hybridized carbons (Fsp3) is 0.364. The molecule has 1 aliphatic rings. The number of benzene rings is 2. The Morgan fingerprint density at radius 2 is 1.69 bits per heavy atom. The second-order valence-electron chi connectivity index (χ2n) is 7.51. The number of quaternary nitrogens is 1. The van der Waals surface area contributed by atoms with Gasteiger partial charge in [-0.25, -0.2) is 4.79 Å². The molecule has 7 nitrogen and oxygen atoms in total. The molecule has 0 saturated carbocycles. The van der Waals surface area contributed by atoms with Crippen LogP contribution in [0.25, 0.3) is 0 Å². The molecule has 3 N–H and O–H groups in total. The summed E-state index contributed by atoms with van der Waals surface area (Å²) < 4.78 is 5.16. The van der Waals surface area contributed by atoms with Crippen molar-refractivity contribution in [3.05, 3.63) is 54.1 Å². The predicted molar refractivity (Wildman–Crippen MR) is 112 cm³/mol. The van der Waals surface area contributed by atoms with Crippen LogP contribution in [0.15, 0.2) is 48.5 Å². The molecule has 29 heavy (non-hydrogen) atoms. The first-order valence-electron chi connectivity index (χ1n) is 9.89. The number of amides is 1. The van der Waals surface area contributed by atoms with E-state index in [-0.39, 0.29) is 23.7 Å². The van der Waals surface area contributed by atoms with Crippen molar-refractivity contribution < 1.29 is 24.3 Å². The van der Waals surface area contributed by atoms with Crippen molar-refractivity contribution in [1.82, 2.24) is 0 Å². The lowest BCUT2D eigenvalue weighted by Gasteiger charge is -2.33. The van der Waals surface area contributed by atoms with E-state index in [1.807, 2.05) is 12.1 Å². The highest BCUT2D eigenvalue weighted by Crippen LogP contribution is 2.18. The Bertz CT molecular complexity index is 826. The lowest BCUT2D eigenvalue weighted by molar-refractivity contribution is -0.892. The maximum atomic E-state index is 12.4. The van der Waals surface area contributed by atoms with Crippen LogP contribution < -0.4 is 15.1 Å². The number of phenols is 1. The van der Waals surface area contributed by atoms with Crippen molar-refractivity contribution in [1.29, 1.82) is 0 Å². The first-order valence-corrected chi connectivity index (χ1v) is 9.89. The summed E-state index contributed by atoms with van der Waals surface area (Å²) in [5.74, 6) is -0.149. The highest BCUT2D eigenvalue weighted by Gasteiger charge is 2.22. The minimum absolute atomic E-state index is 0.0457. The summed E-state index contributed by atoms with van der Waals surface area (Å²) in [6, 6.07) is 13.9. The molecule has 7 heteroatoms. The van der Waals surface area contributed by atoms with Crippen LogP contribution in [0.2, 0.25) is 0 Å². The SMILES string of the molecule is CC(C)OC(=O)c1ccc(NC(=O)C[NH+]2CCN(c3ccc(O)cc3)CC2)cc1. The van der Waals surface area contributed by atoms with Gasteiger partial charge in [0, 0.05) is 11.4 Å². The van der Waals surface area contributed by atoms with Gasteiger partial charge in [0.15, 0.2) is 6.54 Å². The van der Waals surface area contributed by atoms with Crippen molar-refractivity contribution in [2.24, 2.45) is 0 Å². The molecule has 2 aromatic rings. The van der Waals surface area contributed by atoms with E-state index in [0.717, 1.165) is 31.9 Å².